The van der Waals surface area contributed by atoms with Gasteiger partial charge >= 0.3 is 0 Å². The summed E-state index contributed by atoms with van der Waals surface area (Å²) in [5, 5.41) is 11.1. The number of ketones is 1. The number of hydrogen-bond acceptors (Lipinski definition) is 13. The maximum Gasteiger partial charge on any atom is 0.246 e. The number of aryl methyl sites for hydroxylation is 1. The Balaban J connectivity index is 1.13. The lowest BCUT2D eigenvalue weighted by molar-refractivity contribution is -0.127. The van der Waals surface area contributed by atoms with E-state index in [2.05, 4.69) is 52.5 Å². The fraction of sp³-hybridized carbons (Fsp3) is 0.579. The molecule has 1 aliphatic rings. The van der Waals surface area contributed by atoms with Crippen LogP contribution in [0.3, 0.4) is 0 Å². The molecule has 3 rings (SSSR count). The van der Waals surface area contributed by atoms with Crippen molar-refractivity contribution in [1.82, 2.24) is 21.3 Å². The van der Waals surface area contributed by atoms with Crippen molar-refractivity contribution in [3.63, 3.8) is 0 Å². The standard InChI is InChI=1S/C38H59N7O9/c1-2-28-22-30(9-10-31(28)29-7-5-27(6-8-29)21-32(40)37(48)34-24-45-34)54-14-4-3-11-42-35(46)25-52-19-17-50-15-12-43-36(47)26-53-20-18-51-16-13-44-38(49)33(41)23-39/h5-10,22,32-34,45H,2-4,11-21,23-26,39-41H2,1H3,(H,42,46)(H,43,47)(H,44,49)/t32-,33-,34?/m0/s1. The first-order valence-electron chi connectivity index (χ1n) is 18.7. The minimum Gasteiger partial charge on any atom is -0.494 e. The minimum absolute atomic E-state index is 0.0606. The number of rotatable bonds is 30. The van der Waals surface area contributed by atoms with Crippen molar-refractivity contribution in [3.8, 4) is 16.9 Å². The highest BCUT2D eigenvalue weighted by molar-refractivity contribution is 5.91. The molecule has 0 aromatic heterocycles. The minimum atomic E-state index is -0.731. The van der Waals surface area contributed by atoms with Gasteiger partial charge in [0.25, 0.3) is 0 Å². The van der Waals surface area contributed by atoms with E-state index in [0.29, 0.717) is 45.9 Å². The van der Waals surface area contributed by atoms with Crippen LogP contribution in [0.4, 0.5) is 0 Å². The molecule has 3 amide bonds. The lowest BCUT2D eigenvalue weighted by Crippen LogP contribution is -2.46. The molecule has 0 bridgehead atoms. The Morgan fingerprint density at radius 2 is 1.37 bits per heavy atom. The molecule has 0 saturated carbocycles. The highest BCUT2D eigenvalue weighted by Crippen LogP contribution is 2.28. The third-order valence-corrected chi connectivity index (χ3v) is 8.37. The van der Waals surface area contributed by atoms with Gasteiger partial charge in [0, 0.05) is 32.7 Å². The zero-order valence-corrected chi connectivity index (χ0v) is 31.4. The molecule has 3 atom stereocenters. The van der Waals surface area contributed by atoms with Crippen molar-refractivity contribution >= 4 is 23.5 Å². The molecule has 10 N–H and O–H groups in total. The summed E-state index contributed by atoms with van der Waals surface area (Å²) in [6.45, 7) is 6.06. The molecule has 300 valence electrons. The van der Waals surface area contributed by atoms with Crippen LogP contribution in [0.2, 0.25) is 0 Å². The highest BCUT2D eigenvalue weighted by Gasteiger charge is 2.32. The molecule has 0 radical (unpaired) electrons. The number of carbonyl (C=O) groups is 4. The summed E-state index contributed by atoms with van der Waals surface area (Å²) in [7, 11) is 0. The number of ether oxygens (including phenoxy) is 5. The van der Waals surface area contributed by atoms with Gasteiger partial charge in [-0.15, -0.1) is 0 Å². The van der Waals surface area contributed by atoms with Gasteiger partial charge in [-0.05, 0) is 60.1 Å². The van der Waals surface area contributed by atoms with Crippen molar-refractivity contribution < 1.29 is 42.9 Å². The predicted molar refractivity (Wildman–Crippen MR) is 204 cm³/mol. The van der Waals surface area contributed by atoms with Crippen LogP contribution < -0.4 is 43.2 Å². The number of nitrogens with two attached hydrogens (primary N) is 3. The monoisotopic (exact) mass is 757 g/mol. The summed E-state index contributed by atoms with van der Waals surface area (Å²) in [6.07, 6.45) is 2.94. The van der Waals surface area contributed by atoms with Crippen LogP contribution in [0.5, 0.6) is 5.75 Å². The van der Waals surface area contributed by atoms with Gasteiger partial charge in [-0.1, -0.05) is 37.3 Å². The molecule has 0 spiro atoms. The molecule has 2 aromatic rings. The summed E-state index contributed by atoms with van der Waals surface area (Å²) in [6, 6.07) is 13.1. The molecule has 1 saturated heterocycles. The Morgan fingerprint density at radius 3 is 1.98 bits per heavy atom. The summed E-state index contributed by atoms with van der Waals surface area (Å²) < 4.78 is 27.3. The fourth-order valence-corrected chi connectivity index (χ4v) is 5.19. The lowest BCUT2D eigenvalue weighted by atomic mass is 9.95. The maximum atomic E-state index is 12.2. The molecule has 1 aliphatic heterocycles. The fourth-order valence-electron chi connectivity index (χ4n) is 5.19. The van der Waals surface area contributed by atoms with Crippen molar-refractivity contribution in [2.45, 2.75) is 50.7 Å². The molecular formula is C38H59N7O9. The van der Waals surface area contributed by atoms with Gasteiger partial charge in [-0.2, -0.15) is 0 Å². The van der Waals surface area contributed by atoms with E-state index in [-0.39, 0.29) is 75.7 Å². The largest absolute Gasteiger partial charge is 0.494 e. The van der Waals surface area contributed by atoms with Crippen LogP contribution in [-0.2, 0) is 51.0 Å². The number of carbonyl (C=O) groups excluding carboxylic acids is 4. The summed E-state index contributed by atoms with van der Waals surface area (Å²) in [4.78, 5) is 47.5. The van der Waals surface area contributed by atoms with E-state index >= 15 is 0 Å². The predicted octanol–water partition coefficient (Wildman–Crippen LogP) is -0.813. The average molecular weight is 758 g/mol. The van der Waals surface area contributed by atoms with E-state index in [9.17, 15) is 19.2 Å². The van der Waals surface area contributed by atoms with Crippen molar-refractivity contribution in [1.29, 1.82) is 0 Å². The first kappa shape index (κ1) is 44.4. The van der Waals surface area contributed by atoms with Crippen LogP contribution >= 0.6 is 0 Å². The van der Waals surface area contributed by atoms with E-state index in [4.69, 9.17) is 40.9 Å². The average Bonchev–Trinajstić information content (AvgIpc) is 4.03. The van der Waals surface area contributed by atoms with E-state index < -0.39 is 12.1 Å². The molecule has 54 heavy (non-hydrogen) atoms. The summed E-state index contributed by atoms with van der Waals surface area (Å²) >= 11 is 0. The van der Waals surface area contributed by atoms with Gasteiger partial charge in [0.15, 0.2) is 5.78 Å². The van der Waals surface area contributed by atoms with Gasteiger partial charge in [-0.25, -0.2) is 0 Å². The van der Waals surface area contributed by atoms with E-state index in [1.165, 1.54) is 5.56 Å². The molecule has 1 unspecified atom stereocenters. The number of benzene rings is 2. The summed E-state index contributed by atoms with van der Waals surface area (Å²) in [5.41, 5.74) is 21.4. The normalized spacial score (nSPS) is 14.6. The van der Waals surface area contributed by atoms with E-state index in [1.54, 1.807) is 0 Å². The number of hydrogen-bond donors (Lipinski definition) is 7. The van der Waals surface area contributed by atoms with Crippen molar-refractivity contribution in [2.24, 2.45) is 17.2 Å². The quantitative estimate of drug-likeness (QED) is 0.0381. The number of Topliss-reactive ketones (excluding diaryl/α,β-unsaturated/α-hetero) is 1. The van der Waals surface area contributed by atoms with Crippen LogP contribution in [0, 0.1) is 0 Å². The van der Waals surface area contributed by atoms with Gasteiger partial charge in [0.2, 0.25) is 17.7 Å². The Morgan fingerprint density at radius 1 is 0.759 bits per heavy atom. The first-order chi connectivity index (χ1) is 26.2. The molecular weight excluding hydrogens is 698 g/mol. The van der Waals surface area contributed by atoms with E-state index in [1.807, 2.05) is 18.2 Å². The van der Waals surface area contributed by atoms with E-state index in [0.717, 1.165) is 48.2 Å². The lowest BCUT2D eigenvalue weighted by Gasteiger charge is -2.14. The third-order valence-electron chi connectivity index (χ3n) is 8.37. The Hall–Kier alpha value is -4.00. The topological polar surface area (TPSA) is 251 Å². The highest BCUT2D eigenvalue weighted by atomic mass is 16.5. The van der Waals surface area contributed by atoms with Crippen LogP contribution in [0.15, 0.2) is 42.5 Å². The molecule has 0 aliphatic carbocycles. The Kier molecular flexibility index (Phi) is 21.3. The van der Waals surface area contributed by atoms with Gasteiger partial charge < -0.3 is 62.2 Å². The number of nitrogens with one attached hydrogen (secondary N) is 4. The van der Waals surface area contributed by atoms with Crippen molar-refractivity contribution in [3.05, 3.63) is 53.6 Å². The zero-order chi connectivity index (χ0) is 39.0. The van der Waals surface area contributed by atoms with Gasteiger partial charge in [0.1, 0.15) is 19.0 Å². The smallest absolute Gasteiger partial charge is 0.246 e. The van der Waals surface area contributed by atoms with Crippen LogP contribution in [0.25, 0.3) is 11.1 Å². The number of unbranched alkanes of at least 4 members (excludes halogenated alkanes) is 1. The van der Waals surface area contributed by atoms with Crippen LogP contribution in [0.1, 0.15) is 30.9 Å². The Labute approximate surface area is 317 Å². The second-order valence-electron chi connectivity index (χ2n) is 12.8. The molecule has 1 heterocycles. The molecule has 2 aromatic carbocycles. The second-order valence-corrected chi connectivity index (χ2v) is 12.8. The summed E-state index contributed by atoms with van der Waals surface area (Å²) in [5.74, 6) is 0.0813. The molecule has 16 heteroatoms. The SMILES string of the molecule is CCc1cc(OCCCCNC(=O)COCCOCCNC(=O)COCCOCCNC(=O)[C@@H](N)CN)ccc1-c1ccc(C[C@H](N)C(=O)C2CN2)cc1. The van der Waals surface area contributed by atoms with Gasteiger partial charge in [0.05, 0.1) is 64.4 Å². The third kappa shape index (κ3) is 17.9. The second kappa shape index (κ2) is 25.9. The van der Waals surface area contributed by atoms with Crippen LogP contribution in [-0.4, -0.2) is 134 Å². The maximum absolute atomic E-state index is 12.2. The number of amides is 3. The zero-order valence-electron chi connectivity index (χ0n) is 31.4. The Bertz CT molecular complexity index is 1430. The van der Waals surface area contributed by atoms with Crippen molar-refractivity contribution in [2.75, 3.05) is 92.2 Å². The first-order valence-corrected chi connectivity index (χ1v) is 18.7. The van der Waals surface area contributed by atoms with Gasteiger partial charge in [-0.3, -0.25) is 19.2 Å². The molecule has 1 fully saturated rings. The molecule has 16 nitrogen and oxygen atoms in total.